The summed E-state index contributed by atoms with van der Waals surface area (Å²) in [5.41, 5.74) is 3.02. The summed E-state index contributed by atoms with van der Waals surface area (Å²) in [7, 11) is 6.00. The molecule has 0 aliphatic carbocycles. The lowest BCUT2D eigenvalue weighted by Crippen LogP contribution is -2.14. The average Bonchev–Trinajstić information content (AvgIpc) is 3.07. The van der Waals surface area contributed by atoms with E-state index in [1.165, 1.54) is 0 Å². The van der Waals surface area contributed by atoms with Crippen molar-refractivity contribution >= 4 is 28.3 Å². The molecule has 0 fully saturated rings. The standard InChI is InChI=1S/C22H22ClN5/c1-27(2)22-17-13-16(23)9-10-18(17)24-20(26-22)11-12-21-25-19(14-28(21)3)15-7-5-4-6-8-15/h4-10,13-14H,11-12H2,1-3H3. The minimum Gasteiger partial charge on any atom is -0.362 e. The number of hydrogen-bond donors (Lipinski definition) is 0. The normalized spacial score (nSPS) is 11.1. The highest BCUT2D eigenvalue weighted by Crippen LogP contribution is 2.26. The molecule has 0 bridgehead atoms. The second-order valence-electron chi connectivity index (χ2n) is 7.04. The van der Waals surface area contributed by atoms with Gasteiger partial charge in [-0.15, -0.1) is 0 Å². The van der Waals surface area contributed by atoms with Crippen LogP contribution in [0.15, 0.2) is 54.7 Å². The third-order valence-corrected chi connectivity index (χ3v) is 4.96. The topological polar surface area (TPSA) is 46.8 Å². The van der Waals surface area contributed by atoms with Crippen LogP contribution in [-0.4, -0.2) is 33.6 Å². The summed E-state index contributed by atoms with van der Waals surface area (Å²) in [6.45, 7) is 0. The van der Waals surface area contributed by atoms with E-state index in [0.29, 0.717) is 5.02 Å². The van der Waals surface area contributed by atoms with Crippen molar-refractivity contribution in [1.29, 1.82) is 0 Å². The number of fused-ring (bicyclic) bond motifs is 1. The number of nitrogens with zero attached hydrogens (tertiary/aromatic N) is 5. The second-order valence-corrected chi connectivity index (χ2v) is 7.48. The molecule has 2 aromatic heterocycles. The maximum absolute atomic E-state index is 6.16. The largest absolute Gasteiger partial charge is 0.362 e. The van der Waals surface area contributed by atoms with Crippen LogP contribution < -0.4 is 4.90 Å². The number of imidazole rings is 1. The number of anilines is 1. The molecule has 6 heteroatoms. The third-order valence-electron chi connectivity index (χ3n) is 4.72. The smallest absolute Gasteiger partial charge is 0.139 e. The molecule has 2 aromatic carbocycles. The zero-order chi connectivity index (χ0) is 19.7. The van der Waals surface area contributed by atoms with Gasteiger partial charge in [-0.1, -0.05) is 41.9 Å². The molecule has 5 nitrogen and oxygen atoms in total. The van der Waals surface area contributed by atoms with Crippen LogP contribution in [0, 0.1) is 0 Å². The van der Waals surface area contributed by atoms with E-state index >= 15 is 0 Å². The average molecular weight is 392 g/mol. The number of halogens is 1. The van der Waals surface area contributed by atoms with E-state index in [-0.39, 0.29) is 0 Å². The fourth-order valence-corrected chi connectivity index (χ4v) is 3.46. The highest BCUT2D eigenvalue weighted by atomic mass is 35.5. The second kappa shape index (κ2) is 7.60. The molecule has 0 aliphatic heterocycles. The molecule has 0 N–H and O–H groups in total. The van der Waals surface area contributed by atoms with Gasteiger partial charge in [-0.05, 0) is 18.2 Å². The highest BCUT2D eigenvalue weighted by Gasteiger charge is 2.12. The monoisotopic (exact) mass is 391 g/mol. The van der Waals surface area contributed by atoms with E-state index in [0.717, 1.165) is 52.5 Å². The van der Waals surface area contributed by atoms with Gasteiger partial charge in [0.15, 0.2) is 0 Å². The lowest BCUT2D eigenvalue weighted by Gasteiger charge is -2.15. The van der Waals surface area contributed by atoms with Crippen molar-refractivity contribution in [2.24, 2.45) is 7.05 Å². The van der Waals surface area contributed by atoms with Gasteiger partial charge in [0.2, 0.25) is 0 Å². The lowest BCUT2D eigenvalue weighted by atomic mass is 10.2. The predicted octanol–water partition coefficient (Wildman–Crippen LogP) is 4.53. The summed E-state index contributed by atoms with van der Waals surface area (Å²) in [6, 6.07) is 16.0. The summed E-state index contributed by atoms with van der Waals surface area (Å²) < 4.78 is 2.08. The van der Waals surface area contributed by atoms with Crippen LogP contribution in [0.2, 0.25) is 5.02 Å². The molecular formula is C22H22ClN5. The Balaban J connectivity index is 1.61. The van der Waals surface area contributed by atoms with Gasteiger partial charge in [-0.25, -0.2) is 15.0 Å². The van der Waals surface area contributed by atoms with Gasteiger partial charge in [-0.3, -0.25) is 0 Å². The fraction of sp³-hybridized carbons (Fsp3) is 0.227. The molecule has 4 aromatic rings. The fourth-order valence-electron chi connectivity index (χ4n) is 3.29. The van der Waals surface area contributed by atoms with Crippen LogP contribution in [-0.2, 0) is 19.9 Å². The first-order chi connectivity index (χ1) is 13.5. The Morgan fingerprint density at radius 3 is 2.50 bits per heavy atom. The van der Waals surface area contributed by atoms with Crippen molar-refractivity contribution in [3.05, 3.63) is 71.4 Å². The molecule has 0 unspecified atom stereocenters. The zero-order valence-corrected chi connectivity index (χ0v) is 17.0. The van der Waals surface area contributed by atoms with E-state index in [1.807, 2.05) is 62.4 Å². The lowest BCUT2D eigenvalue weighted by molar-refractivity contribution is 0.749. The quantitative estimate of drug-likeness (QED) is 0.501. The van der Waals surface area contributed by atoms with Gasteiger partial charge >= 0.3 is 0 Å². The Kier molecular flexibility index (Phi) is 5.01. The van der Waals surface area contributed by atoms with Crippen molar-refractivity contribution in [2.75, 3.05) is 19.0 Å². The Hall–Kier alpha value is -2.92. The molecule has 0 saturated heterocycles. The van der Waals surface area contributed by atoms with E-state index in [1.54, 1.807) is 0 Å². The van der Waals surface area contributed by atoms with Crippen molar-refractivity contribution in [3.63, 3.8) is 0 Å². The van der Waals surface area contributed by atoms with E-state index in [4.69, 9.17) is 26.6 Å². The van der Waals surface area contributed by atoms with Gasteiger partial charge in [0.05, 0.1) is 11.2 Å². The van der Waals surface area contributed by atoms with Crippen molar-refractivity contribution < 1.29 is 0 Å². The summed E-state index contributed by atoms with van der Waals surface area (Å²) in [4.78, 5) is 16.3. The van der Waals surface area contributed by atoms with Crippen molar-refractivity contribution in [1.82, 2.24) is 19.5 Å². The Bertz CT molecular complexity index is 1120. The number of aromatic nitrogens is 4. The number of hydrogen-bond acceptors (Lipinski definition) is 4. The summed E-state index contributed by atoms with van der Waals surface area (Å²) in [5, 5.41) is 1.65. The van der Waals surface area contributed by atoms with Crippen LogP contribution in [0.1, 0.15) is 11.6 Å². The Labute approximate surface area is 169 Å². The van der Waals surface area contributed by atoms with Crippen molar-refractivity contribution in [3.8, 4) is 11.3 Å². The molecule has 142 valence electrons. The number of benzene rings is 2. The first-order valence-electron chi connectivity index (χ1n) is 9.22. The maximum Gasteiger partial charge on any atom is 0.139 e. The molecule has 0 spiro atoms. The SMILES string of the molecule is CN(C)c1nc(CCc2nc(-c3ccccc3)cn2C)nc2ccc(Cl)cc12. The maximum atomic E-state index is 6.16. The van der Waals surface area contributed by atoms with Crippen LogP contribution >= 0.6 is 11.6 Å². The first kappa shape index (κ1) is 18.4. The molecule has 4 rings (SSSR count). The Morgan fingerprint density at radius 2 is 1.75 bits per heavy atom. The summed E-state index contributed by atoms with van der Waals surface area (Å²) in [5.74, 6) is 2.71. The molecule has 0 saturated carbocycles. The van der Waals surface area contributed by atoms with Crippen molar-refractivity contribution in [2.45, 2.75) is 12.8 Å². The predicted molar refractivity (Wildman–Crippen MR) is 115 cm³/mol. The molecule has 0 atom stereocenters. The van der Waals surface area contributed by atoms with Gasteiger partial charge in [0.25, 0.3) is 0 Å². The number of rotatable bonds is 5. The highest BCUT2D eigenvalue weighted by molar-refractivity contribution is 6.31. The van der Waals surface area contributed by atoms with Crippen LogP contribution in [0.25, 0.3) is 22.2 Å². The summed E-state index contributed by atoms with van der Waals surface area (Å²) in [6.07, 6.45) is 3.56. The van der Waals surface area contributed by atoms with Gasteiger partial charge in [0, 0.05) is 56.2 Å². The molecular weight excluding hydrogens is 370 g/mol. The molecule has 28 heavy (non-hydrogen) atoms. The summed E-state index contributed by atoms with van der Waals surface area (Å²) >= 11 is 6.16. The van der Waals surface area contributed by atoms with Gasteiger partial charge < -0.3 is 9.47 Å². The third kappa shape index (κ3) is 3.71. The van der Waals surface area contributed by atoms with Crippen LogP contribution in [0.3, 0.4) is 0 Å². The minimum absolute atomic E-state index is 0.688. The number of aryl methyl sites for hydroxylation is 3. The van der Waals surface area contributed by atoms with Gasteiger partial charge in [-0.2, -0.15) is 0 Å². The van der Waals surface area contributed by atoms with E-state index in [2.05, 4.69) is 22.9 Å². The van der Waals surface area contributed by atoms with Crippen LogP contribution in [0.4, 0.5) is 5.82 Å². The van der Waals surface area contributed by atoms with Gasteiger partial charge in [0.1, 0.15) is 17.5 Å². The first-order valence-corrected chi connectivity index (χ1v) is 9.60. The molecule has 0 amide bonds. The van der Waals surface area contributed by atoms with E-state index in [9.17, 15) is 0 Å². The molecule has 0 radical (unpaired) electrons. The van der Waals surface area contributed by atoms with E-state index < -0.39 is 0 Å². The zero-order valence-electron chi connectivity index (χ0n) is 16.2. The molecule has 2 heterocycles. The van der Waals surface area contributed by atoms with Crippen LogP contribution in [0.5, 0.6) is 0 Å². The molecule has 0 aliphatic rings. The Morgan fingerprint density at radius 1 is 0.964 bits per heavy atom. The minimum atomic E-state index is 0.688.